The van der Waals surface area contributed by atoms with Gasteiger partial charge >= 0.3 is 5.97 Å². The fourth-order valence-electron chi connectivity index (χ4n) is 2.78. The van der Waals surface area contributed by atoms with Crippen LogP contribution in [0, 0.1) is 5.92 Å². The van der Waals surface area contributed by atoms with Crippen LogP contribution in [0.2, 0.25) is 0 Å². The minimum Gasteiger partial charge on any atom is -0.479 e. The number of nitrogens with zero attached hydrogens (tertiary/aromatic N) is 1. The predicted octanol–water partition coefficient (Wildman–Crippen LogP) is 1.27. The van der Waals surface area contributed by atoms with Crippen molar-refractivity contribution in [2.75, 3.05) is 6.54 Å². The van der Waals surface area contributed by atoms with Crippen LogP contribution in [0.25, 0.3) is 0 Å². The van der Waals surface area contributed by atoms with E-state index in [9.17, 15) is 9.59 Å². The van der Waals surface area contributed by atoms with E-state index >= 15 is 0 Å². The second-order valence-electron chi connectivity index (χ2n) is 5.55. The third kappa shape index (κ3) is 2.66. The highest BCUT2D eigenvalue weighted by molar-refractivity contribution is 5.83. The summed E-state index contributed by atoms with van der Waals surface area (Å²) in [7, 11) is 0. The van der Waals surface area contributed by atoms with Gasteiger partial charge in [-0.2, -0.15) is 0 Å². The zero-order valence-electron chi connectivity index (χ0n) is 11.0. The number of carbonyl (C=O) groups excluding carboxylic acids is 1. The molecule has 5 nitrogen and oxygen atoms in total. The summed E-state index contributed by atoms with van der Waals surface area (Å²) in [5.41, 5.74) is 0. The van der Waals surface area contributed by atoms with Crippen molar-refractivity contribution in [1.29, 1.82) is 0 Å². The lowest BCUT2D eigenvalue weighted by Crippen LogP contribution is -2.49. The maximum absolute atomic E-state index is 12.3. The molecule has 2 rings (SSSR count). The topological polar surface area (TPSA) is 66.8 Å². The highest BCUT2D eigenvalue weighted by Crippen LogP contribution is 2.26. The lowest BCUT2D eigenvalue weighted by Gasteiger charge is -2.38. The Morgan fingerprint density at radius 3 is 2.39 bits per heavy atom. The van der Waals surface area contributed by atoms with E-state index in [4.69, 9.17) is 9.84 Å². The molecule has 2 aliphatic rings. The standard InChI is InChI=1S/C13H21NO4/c1-8-3-4-9(2)14(7-8)12(15)10-5-6-11(18-10)13(16)17/h8-11H,3-7H2,1-2H3,(H,16,17). The molecule has 2 aliphatic heterocycles. The number of likely N-dealkylation sites (tertiary alicyclic amines) is 1. The molecule has 4 unspecified atom stereocenters. The predicted molar refractivity (Wildman–Crippen MR) is 65.1 cm³/mol. The average molecular weight is 255 g/mol. The van der Waals surface area contributed by atoms with E-state index in [-0.39, 0.29) is 11.9 Å². The molecule has 2 fully saturated rings. The van der Waals surface area contributed by atoms with E-state index < -0.39 is 18.2 Å². The molecule has 2 heterocycles. The van der Waals surface area contributed by atoms with Crippen LogP contribution in [0.4, 0.5) is 0 Å². The van der Waals surface area contributed by atoms with E-state index in [0.29, 0.717) is 18.8 Å². The maximum atomic E-state index is 12.3. The Kier molecular flexibility index (Phi) is 3.90. The van der Waals surface area contributed by atoms with Gasteiger partial charge in [-0.1, -0.05) is 6.92 Å². The summed E-state index contributed by atoms with van der Waals surface area (Å²) in [6, 6.07) is 0.237. The van der Waals surface area contributed by atoms with Crippen LogP contribution in [0.15, 0.2) is 0 Å². The van der Waals surface area contributed by atoms with Crippen LogP contribution in [-0.2, 0) is 14.3 Å². The van der Waals surface area contributed by atoms with Crippen molar-refractivity contribution in [2.45, 2.75) is 57.8 Å². The van der Waals surface area contributed by atoms with Crippen molar-refractivity contribution in [3.63, 3.8) is 0 Å². The minimum atomic E-state index is -0.967. The number of carbonyl (C=O) groups is 2. The molecular formula is C13H21NO4. The summed E-state index contributed by atoms with van der Waals surface area (Å²) in [6.45, 7) is 4.95. The van der Waals surface area contributed by atoms with Crippen molar-refractivity contribution in [2.24, 2.45) is 5.92 Å². The molecule has 1 N–H and O–H groups in total. The van der Waals surface area contributed by atoms with Crippen LogP contribution < -0.4 is 0 Å². The van der Waals surface area contributed by atoms with Crippen LogP contribution in [0.5, 0.6) is 0 Å². The van der Waals surface area contributed by atoms with E-state index in [2.05, 4.69) is 6.92 Å². The number of carboxylic acids is 1. The molecule has 102 valence electrons. The largest absolute Gasteiger partial charge is 0.479 e. The third-order valence-corrected chi connectivity index (χ3v) is 3.97. The van der Waals surface area contributed by atoms with E-state index in [0.717, 1.165) is 19.4 Å². The van der Waals surface area contributed by atoms with Gasteiger partial charge < -0.3 is 14.7 Å². The summed E-state index contributed by atoms with van der Waals surface area (Å²) in [5.74, 6) is -0.481. The first-order chi connectivity index (χ1) is 8.49. The van der Waals surface area contributed by atoms with Crippen molar-refractivity contribution in [3.8, 4) is 0 Å². The van der Waals surface area contributed by atoms with Crippen molar-refractivity contribution < 1.29 is 19.4 Å². The van der Waals surface area contributed by atoms with Crippen molar-refractivity contribution in [1.82, 2.24) is 4.90 Å². The number of rotatable bonds is 2. The number of ether oxygens (including phenoxy) is 1. The first-order valence-corrected chi connectivity index (χ1v) is 6.67. The Bertz CT molecular complexity index is 344. The molecule has 4 atom stereocenters. The molecule has 0 bridgehead atoms. The molecule has 5 heteroatoms. The summed E-state index contributed by atoms with van der Waals surface area (Å²) in [5, 5.41) is 8.87. The number of hydrogen-bond donors (Lipinski definition) is 1. The molecule has 2 saturated heterocycles. The Labute approximate surface area is 107 Å². The zero-order chi connectivity index (χ0) is 13.3. The Hall–Kier alpha value is -1.10. The van der Waals surface area contributed by atoms with Gasteiger partial charge in [-0.25, -0.2) is 4.79 Å². The van der Waals surface area contributed by atoms with Gasteiger partial charge in [0, 0.05) is 12.6 Å². The molecule has 1 amide bonds. The molecular weight excluding hydrogens is 234 g/mol. The monoisotopic (exact) mass is 255 g/mol. The number of carboxylic acid groups (broad SMARTS) is 1. The maximum Gasteiger partial charge on any atom is 0.332 e. The first kappa shape index (κ1) is 13.3. The summed E-state index contributed by atoms with van der Waals surface area (Å²) >= 11 is 0. The van der Waals surface area contributed by atoms with Gasteiger partial charge in [0.05, 0.1) is 0 Å². The number of piperidine rings is 1. The summed E-state index contributed by atoms with van der Waals surface area (Å²) in [6.07, 6.45) is 1.75. The zero-order valence-corrected chi connectivity index (χ0v) is 11.0. The van der Waals surface area contributed by atoms with E-state index in [1.807, 2.05) is 11.8 Å². The molecule has 0 aliphatic carbocycles. The fraction of sp³-hybridized carbons (Fsp3) is 0.846. The smallest absolute Gasteiger partial charge is 0.332 e. The van der Waals surface area contributed by atoms with Crippen LogP contribution >= 0.6 is 0 Å². The van der Waals surface area contributed by atoms with Crippen LogP contribution in [0.1, 0.15) is 39.5 Å². The lowest BCUT2D eigenvalue weighted by molar-refractivity contribution is -0.156. The fourth-order valence-corrected chi connectivity index (χ4v) is 2.78. The first-order valence-electron chi connectivity index (χ1n) is 6.67. The van der Waals surface area contributed by atoms with Gasteiger partial charge in [0.1, 0.15) is 6.10 Å². The normalized spacial score (nSPS) is 36.7. The van der Waals surface area contributed by atoms with E-state index in [1.54, 1.807) is 0 Å². The van der Waals surface area contributed by atoms with Gasteiger partial charge in [0.2, 0.25) is 0 Å². The SMILES string of the molecule is CC1CCC(C)N(C(=O)C2CCC(C(=O)O)O2)C1. The molecule has 0 spiro atoms. The Morgan fingerprint density at radius 2 is 1.78 bits per heavy atom. The van der Waals surface area contributed by atoms with E-state index in [1.165, 1.54) is 0 Å². The lowest BCUT2D eigenvalue weighted by atomic mass is 9.94. The summed E-state index contributed by atoms with van der Waals surface area (Å²) < 4.78 is 5.33. The third-order valence-electron chi connectivity index (χ3n) is 3.97. The molecule has 0 aromatic carbocycles. The van der Waals surface area contributed by atoms with Gasteiger partial charge in [-0.05, 0) is 38.5 Å². The number of amides is 1. The number of aliphatic carboxylic acids is 1. The van der Waals surface area contributed by atoms with Gasteiger partial charge in [-0.15, -0.1) is 0 Å². The van der Waals surface area contributed by atoms with Crippen molar-refractivity contribution >= 4 is 11.9 Å². The molecule has 18 heavy (non-hydrogen) atoms. The molecule has 0 aromatic rings. The highest BCUT2D eigenvalue weighted by atomic mass is 16.5. The second kappa shape index (κ2) is 5.26. The summed E-state index contributed by atoms with van der Waals surface area (Å²) in [4.78, 5) is 25.0. The quantitative estimate of drug-likeness (QED) is 0.806. The number of hydrogen-bond acceptors (Lipinski definition) is 3. The molecule has 0 saturated carbocycles. The van der Waals surface area contributed by atoms with Gasteiger partial charge in [-0.3, -0.25) is 4.79 Å². The average Bonchev–Trinajstić information content (AvgIpc) is 2.81. The van der Waals surface area contributed by atoms with Gasteiger partial charge in [0.15, 0.2) is 6.10 Å². The van der Waals surface area contributed by atoms with Gasteiger partial charge in [0.25, 0.3) is 5.91 Å². The van der Waals surface area contributed by atoms with Crippen LogP contribution in [-0.4, -0.2) is 46.7 Å². The second-order valence-corrected chi connectivity index (χ2v) is 5.55. The Balaban J connectivity index is 1.97. The molecule has 0 aromatic heterocycles. The van der Waals surface area contributed by atoms with Crippen LogP contribution in [0.3, 0.4) is 0 Å². The van der Waals surface area contributed by atoms with Crippen molar-refractivity contribution in [3.05, 3.63) is 0 Å². The highest BCUT2D eigenvalue weighted by Gasteiger charge is 2.39. The molecule has 0 radical (unpaired) electrons. The Morgan fingerprint density at radius 1 is 1.11 bits per heavy atom. The minimum absolute atomic E-state index is 0.0298.